The number of ether oxygens (including phenoxy) is 3. The molecule has 37 heavy (non-hydrogen) atoms. The lowest BCUT2D eigenvalue weighted by Crippen LogP contribution is -2.32. The monoisotopic (exact) mass is 521 g/mol. The highest BCUT2D eigenvalue weighted by Gasteiger charge is 2.38. The van der Waals surface area contributed by atoms with Gasteiger partial charge in [0.15, 0.2) is 0 Å². The number of carbonyl (C=O) groups excluding carboxylic acids is 2. The van der Waals surface area contributed by atoms with Crippen molar-refractivity contribution in [3.8, 4) is 17.1 Å². The first-order valence-corrected chi connectivity index (χ1v) is 12.2. The summed E-state index contributed by atoms with van der Waals surface area (Å²) in [6.07, 6.45) is 0.453. The van der Waals surface area contributed by atoms with Crippen molar-refractivity contribution in [2.75, 3.05) is 20.3 Å². The molecular formula is C28H28ClN3O5. The van der Waals surface area contributed by atoms with Gasteiger partial charge < -0.3 is 19.5 Å². The Labute approximate surface area is 220 Å². The van der Waals surface area contributed by atoms with Gasteiger partial charge in [0, 0.05) is 28.9 Å². The topological polar surface area (TPSA) is 103 Å². The molecule has 4 rings (SSSR count). The number of benzene rings is 2. The first kappa shape index (κ1) is 26.0. The van der Waals surface area contributed by atoms with Crippen LogP contribution in [0.1, 0.15) is 31.7 Å². The van der Waals surface area contributed by atoms with E-state index >= 15 is 0 Å². The van der Waals surface area contributed by atoms with Crippen LogP contribution in [-0.2, 0) is 19.1 Å². The Hall–Kier alpha value is -4.04. The van der Waals surface area contributed by atoms with Gasteiger partial charge in [0.05, 0.1) is 43.1 Å². The summed E-state index contributed by atoms with van der Waals surface area (Å²) in [5, 5.41) is 10.7. The lowest BCUT2D eigenvalue weighted by Gasteiger charge is -2.30. The number of aromatic nitrogens is 2. The van der Waals surface area contributed by atoms with Gasteiger partial charge in [-0.2, -0.15) is 0 Å². The van der Waals surface area contributed by atoms with Crippen molar-refractivity contribution in [1.82, 2.24) is 15.5 Å². The molecule has 0 saturated heterocycles. The van der Waals surface area contributed by atoms with E-state index in [2.05, 4.69) is 15.5 Å². The van der Waals surface area contributed by atoms with Gasteiger partial charge in [-0.25, -0.2) is 9.59 Å². The first-order valence-electron chi connectivity index (χ1n) is 11.8. The molecule has 0 spiro atoms. The average Bonchev–Trinajstić information content (AvgIpc) is 3.37. The highest BCUT2D eigenvalue weighted by Crippen LogP contribution is 2.41. The molecule has 2 aromatic carbocycles. The number of nitrogens with zero attached hydrogens (tertiary/aromatic N) is 1. The molecular weight excluding hydrogens is 494 g/mol. The van der Waals surface area contributed by atoms with Crippen molar-refractivity contribution in [2.24, 2.45) is 0 Å². The maximum Gasteiger partial charge on any atom is 0.336 e. The number of methoxy groups -OCH3 is 1. The van der Waals surface area contributed by atoms with Crippen LogP contribution in [0.5, 0.6) is 5.88 Å². The number of esters is 2. The lowest BCUT2D eigenvalue weighted by molar-refractivity contribution is -0.139. The zero-order valence-electron chi connectivity index (χ0n) is 20.8. The smallest absolute Gasteiger partial charge is 0.336 e. The van der Waals surface area contributed by atoms with Crippen molar-refractivity contribution in [1.29, 1.82) is 0 Å². The van der Waals surface area contributed by atoms with Gasteiger partial charge in [-0.3, -0.25) is 5.10 Å². The molecule has 1 aromatic heterocycles. The number of hydrogen-bond donors (Lipinski definition) is 2. The molecule has 0 saturated carbocycles. The fourth-order valence-corrected chi connectivity index (χ4v) is 4.53. The Morgan fingerprint density at radius 2 is 1.62 bits per heavy atom. The Balaban J connectivity index is 1.41. The maximum atomic E-state index is 13.3. The van der Waals surface area contributed by atoms with Crippen LogP contribution < -0.4 is 10.1 Å². The quantitative estimate of drug-likeness (QED) is 0.296. The average molecular weight is 522 g/mol. The highest BCUT2D eigenvalue weighted by molar-refractivity contribution is 6.31. The number of dihydropyridines is 1. The van der Waals surface area contributed by atoms with Crippen LogP contribution in [0.2, 0.25) is 5.02 Å². The zero-order valence-corrected chi connectivity index (χ0v) is 21.6. The van der Waals surface area contributed by atoms with Gasteiger partial charge in [-0.05, 0) is 31.0 Å². The molecule has 1 aliphatic rings. The van der Waals surface area contributed by atoms with Crippen molar-refractivity contribution < 1.29 is 23.8 Å². The van der Waals surface area contributed by atoms with Crippen LogP contribution in [0.4, 0.5) is 0 Å². The molecule has 1 aliphatic heterocycles. The summed E-state index contributed by atoms with van der Waals surface area (Å²) in [7, 11) is 1.30. The third-order valence-corrected chi connectivity index (χ3v) is 6.36. The van der Waals surface area contributed by atoms with Gasteiger partial charge in [0.2, 0.25) is 5.88 Å². The Bertz CT molecular complexity index is 1350. The maximum absolute atomic E-state index is 13.3. The van der Waals surface area contributed by atoms with Crippen molar-refractivity contribution in [3.05, 3.63) is 93.8 Å². The number of aromatic amines is 1. The summed E-state index contributed by atoms with van der Waals surface area (Å²) in [6, 6.07) is 18.7. The molecule has 8 nitrogen and oxygen atoms in total. The zero-order chi connectivity index (χ0) is 26.4. The van der Waals surface area contributed by atoms with Crippen LogP contribution in [0.25, 0.3) is 11.3 Å². The molecule has 2 heterocycles. The Kier molecular flexibility index (Phi) is 8.30. The highest BCUT2D eigenvalue weighted by atomic mass is 35.5. The van der Waals surface area contributed by atoms with Gasteiger partial charge >= 0.3 is 11.9 Å². The van der Waals surface area contributed by atoms with Crippen LogP contribution >= 0.6 is 11.6 Å². The molecule has 3 aromatic rings. The minimum atomic E-state index is -0.730. The van der Waals surface area contributed by atoms with Crippen LogP contribution in [0.3, 0.4) is 0 Å². The number of halogens is 1. The van der Waals surface area contributed by atoms with E-state index in [9.17, 15) is 9.59 Å². The second-order valence-corrected chi connectivity index (χ2v) is 8.88. The Morgan fingerprint density at radius 1 is 0.946 bits per heavy atom. The molecule has 0 bridgehead atoms. The summed E-state index contributed by atoms with van der Waals surface area (Å²) in [5.41, 5.74) is 4.27. The number of hydrogen-bond acceptors (Lipinski definition) is 7. The molecule has 0 amide bonds. The third-order valence-electron chi connectivity index (χ3n) is 6.01. The Morgan fingerprint density at radius 3 is 2.32 bits per heavy atom. The summed E-state index contributed by atoms with van der Waals surface area (Å²) >= 11 is 6.49. The normalized spacial score (nSPS) is 15.3. The van der Waals surface area contributed by atoms with Gasteiger partial charge in [-0.15, -0.1) is 5.10 Å². The largest absolute Gasteiger partial charge is 0.476 e. The van der Waals surface area contributed by atoms with Gasteiger partial charge in [0.25, 0.3) is 0 Å². The summed E-state index contributed by atoms with van der Waals surface area (Å²) in [5.74, 6) is -1.36. The number of carbonyl (C=O) groups is 2. The van der Waals surface area contributed by atoms with E-state index in [1.165, 1.54) is 7.11 Å². The second kappa shape index (κ2) is 11.8. The van der Waals surface area contributed by atoms with Crippen LogP contribution in [0, 0.1) is 0 Å². The fourth-order valence-electron chi connectivity index (χ4n) is 4.29. The van der Waals surface area contributed by atoms with Crippen LogP contribution in [-0.4, -0.2) is 42.5 Å². The van der Waals surface area contributed by atoms with Gasteiger partial charge in [-0.1, -0.05) is 60.1 Å². The molecule has 0 radical (unpaired) electrons. The number of H-pyrrole nitrogens is 1. The van der Waals surface area contributed by atoms with E-state index in [1.54, 1.807) is 38.1 Å². The molecule has 2 N–H and O–H groups in total. The van der Waals surface area contributed by atoms with E-state index in [1.807, 2.05) is 36.4 Å². The molecule has 192 valence electrons. The molecule has 1 unspecified atom stereocenters. The standard InChI is InChI=1S/C28H28ClN3O5/c1-17-24(27(33)35-3)26(20-12-7-8-13-21(20)29)25(18(2)30-17)28(34)37-15-9-14-36-23-16-22(31-32-23)19-10-5-4-6-11-19/h4-8,10-13,16,26,30H,9,14-15H2,1-3H3,(H,31,32). The lowest BCUT2D eigenvalue weighted by atomic mass is 9.80. The van der Waals surface area contributed by atoms with Crippen molar-refractivity contribution in [3.63, 3.8) is 0 Å². The van der Waals surface area contributed by atoms with E-state index < -0.39 is 17.9 Å². The number of nitrogens with one attached hydrogen (secondary N) is 2. The second-order valence-electron chi connectivity index (χ2n) is 8.47. The van der Waals surface area contributed by atoms with E-state index in [-0.39, 0.29) is 6.61 Å². The molecule has 9 heteroatoms. The van der Waals surface area contributed by atoms with Gasteiger partial charge in [0.1, 0.15) is 0 Å². The van der Waals surface area contributed by atoms with E-state index in [0.717, 1.165) is 11.3 Å². The summed E-state index contributed by atoms with van der Waals surface area (Å²) in [4.78, 5) is 26.0. The third kappa shape index (κ3) is 5.86. The summed E-state index contributed by atoms with van der Waals surface area (Å²) < 4.78 is 16.3. The fraction of sp³-hybridized carbons (Fsp3) is 0.250. The predicted octanol–water partition coefficient (Wildman–Crippen LogP) is 5.15. The molecule has 0 aliphatic carbocycles. The van der Waals surface area contributed by atoms with Crippen molar-refractivity contribution >= 4 is 23.5 Å². The number of allylic oxidation sites excluding steroid dienone is 2. The molecule has 0 fully saturated rings. The SMILES string of the molecule is COC(=O)C1=C(C)NC(C)=C(C(=O)OCCCOc2cc(-c3ccccc3)[nH]n2)C1c1ccccc1Cl. The number of rotatable bonds is 9. The van der Waals surface area contributed by atoms with E-state index in [4.69, 9.17) is 25.8 Å². The van der Waals surface area contributed by atoms with Crippen molar-refractivity contribution in [2.45, 2.75) is 26.2 Å². The summed E-state index contributed by atoms with van der Waals surface area (Å²) in [6.45, 7) is 3.96. The van der Waals surface area contributed by atoms with E-state index in [0.29, 0.717) is 52.0 Å². The van der Waals surface area contributed by atoms with Crippen LogP contribution in [0.15, 0.2) is 83.2 Å². The predicted molar refractivity (Wildman–Crippen MR) is 140 cm³/mol. The first-order chi connectivity index (χ1) is 17.9. The minimum absolute atomic E-state index is 0.122. The molecule has 1 atom stereocenters. The minimum Gasteiger partial charge on any atom is -0.476 e.